The Hall–Kier alpha value is -0.580. The van der Waals surface area contributed by atoms with Crippen LogP contribution in [0.2, 0.25) is 10.0 Å². The van der Waals surface area contributed by atoms with E-state index in [4.69, 9.17) is 29.0 Å². The molecule has 1 atom stereocenters. The average molecular weight is 287 g/mol. The minimum absolute atomic E-state index is 0.124. The van der Waals surface area contributed by atoms with Crippen LogP contribution in [0.3, 0.4) is 0 Å². The highest BCUT2D eigenvalue weighted by atomic mass is 35.5. The van der Waals surface area contributed by atoms with E-state index in [2.05, 4.69) is 5.43 Å². The summed E-state index contributed by atoms with van der Waals surface area (Å²) in [5.41, 5.74) is 4.86. The molecular weight excluding hydrogens is 275 g/mol. The molecule has 5 heteroatoms. The summed E-state index contributed by atoms with van der Waals surface area (Å²) in [6, 6.07) is 7.52. The van der Waals surface area contributed by atoms with Crippen molar-refractivity contribution in [3.63, 3.8) is 0 Å². The Morgan fingerprint density at radius 3 is 2.59 bits per heavy atom. The minimum atomic E-state index is -0.124. The normalized spacial score (nSPS) is 12.7. The Kier molecular flexibility index (Phi) is 4.07. The first-order valence-electron chi connectivity index (χ1n) is 5.09. The molecule has 2 aromatic rings. The summed E-state index contributed by atoms with van der Waals surface area (Å²) in [5.74, 6) is 5.64. The number of halogens is 2. The molecule has 1 aromatic carbocycles. The van der Waals surface area contributed by atoms with Crippen molar-refractivity contribution < 1.29 is 0 Å². The molecule has 0 saturated carbocycles. The standard InChI is InChI=1S/C12H12Cl2N2S/c1-7-8(3-2-4-9(7)13)11(16-15)12-10(14)5-6-17-12/h2-6,11,16H,15H2,1H3. The maximum Gasteiger partial charge on any atom is 0.0820 e. The van der Waals surface area contributed by atoms with E-state index in [0.717, 1.165) is 26.0 Å². The van der Waals surface area contributed by atoms with E-state index in [1.54, 1.807) is 11.3 Å². The van der Waals surface area contributed by atoms with E-state index in [1.807, 2.05) is 36.6 Å². The van der Waals surface area contributed by atoms with E-state index >= 15 is 0 Å². The third kappa shape index (κ3) is 2.49. The number of nitrogens with two attached hydrogens (primary N) is 1. The maximum absolute atomic E-state index is 6.14. The fourth-order valence-electron chi connectivity index (χ4n) is 1.76. The van der Waals surface area contributed by atoms with Crippen LogP contribution in [0.1, 0.15) is 22.0 Å². The van der Waals surface area contributed by atoms with Crippen LogP contribution in [0.4, 0.5) is 0 Å². The summed E-state index contributed by atoms with van der Waals surface area (Å²) < 4.78 is 0. The van der Waals surface area contributed by atoms with Gasteiger partial charge in [-0.25, -0.2) is 5.43 Å². The number of hydrogen-bond acceptors (Lipinski definition) is 3. The minimum Gasteiger partial charge on any atom is -0.271 e. The molecule has 0 aliphatic rings. The van der Waals surface area contributed by atoms with E-state index in [9.17, 15) is 0 Å². The van der Waals surface area contributed by atoms with Crippen LogP contribution in [0.15, 0.2) is 29.6 Å². The second kappa shape index (κ2) is 5.38. The number of hydrazine groups is 1. The van der Waals surface area contributed by atoms with Gasteiger partial charge in [0.15, 0.2) is 0 Å². The summed E-state index contributed by atoms with van der Waals surface area (Å²) in [6.07, 6.45) is 0. The van der Waals surface area contributed by atoms with Crippen molar-refractivity contribution >= 4 is 34.5 Å². The zero-order chi connectivity index (χ0) is 12.4. The molecule has 17 heavy (non-hydrogen) atoms. The van der Waals surface area contributed by atoms with Crippen molar-refractivity contribution in [2.24, 2.45) is 5.84 Å². The lowest BCUT2D eigenvalue weighted by molar-refractivity contribution is 0.643. The zero-order valence-corrected chi connectivity index (χ0v) is 11.5. The molecule has 0 saturated heterocycles. The maximum atomic E-state index is 6.14. The molecule has 0 bridgehead atoms. The molecule has 1 heterocycles. The summed E-state index contributed by atoms with van der Waals surface area (Å²) >= 11 is 13.8. The lowest BCUT2D eigenvalue weighted by atomic mass is 10.0. The molecular formula is C12H12Cl2N2S. The van der Waals surface area contributed by atoms with Gasteiger partial charge in [0.2, 0.25) is 0 Å². The van der Waals surface area contributed by atoms with Crippen LogP contribution in [-0.4, -0.2) is 0 Å². The largest absolute Gasteiger partial charge is 0.271 e. The smallest absolute Gasteiger partial charge is 0.0820 e. The lowest BCUT2D eigenvalue weighted by Gasteiger charge is -2.18. The fraction of sp³-hybridized carbons (Fsp3) is 0.167. The predicted octanol–water partition coefficient (Wildman–Crippen LogP) is 3.92. The highest BCUT2D eigenvalue weighted by Gasteiger charge is 2.19. The van der Waals surface area contributed by atoms with Crippen LogP contribution < -0.4 is 11.3 Å². The van der Waals surface area contributed by atoms with Gasteiger partial charge in [-0.15, -0.1) is 11.3 Å². The number of benzene rings is 1. The Labute approximate surface area is 114 Å². The molecule has 0 aliphatic carbocycles. The van der Waals surface area contributed by atoms with Crippen LogP contribution >= 0.6 is 34.5 Å². The third-order valence-corrected chi connectivity index (χ3v) is 4.53. The Morgan fingerprint density at radius 1 is 1.24 bits per heavy atom. The van der Waals surface area contributed by atoms with Gasteiger partial charge in [-0.05, 0) is 35.6 Å². The molecule has 0 spiro atoms. The molecule has 90 valence electrons. The topological polar surface area (TPSA) is 38.0 Å². The first-order valence-corrected chi connectivity index (χ1v) is 6.72. The number of rotatable bonds is 3. The Bertz CT molecular complexity index is 525. The summed E-state index contributed by atoms with van der Waals surface area (Å²) in [7, 11) is 0. The van der Waals surface area contributed by atoms with Gasteiger partial charge in [0.25, 0.3) is 0 Å². The van der Waals surface area contributed by atoms with Crippen LogP contribution in [0.5, 0.6) is 0 Å². The summed E-state index contributed by atoms with van der Waals surface area (Å²) in [5, 5.41) is 3.40. The lowest BCUT2D eigenvalue weighted by Crippen LogP contribution is -2.29. The van der Waals surface area contributed by atoms with Crippen LogP contribution in [-0.2, 0) is 0 Å². The van der Waals surface area contributed by atoms with Crippen molar-refractivity contribution in [2.75, 3.05) is 0 Å². The van der Waals surface area contributed by atoms with Crippen molar-refractivity contribution in [3.05, 3.63) is 55.7 Å². The van der Waals surface area contributed by atoms with Gasteiger partial charge in [-0.2, -0.15) is 0 Å². The molecule has 1 aromatic heterocycles. The highest BCUT2D eigenvalue weighted by molar-refractivity contribution is 7.10. The van der Waals surface area contributed by atoms with Gasteiger partial charge < -0.3 is 0 Å². The van der Waals surface area contributed by atoms with Crippen LogP contribution in [0.25, 0.3) is 0 Å². The SMILES string of the molecule is Cc1c(Cl)cccc1C(NN)c1sccc1Cl. The van der Waals surface area contributed by atoms with E-state index < -0.39 is 0 Å². The van der Waals surface area contributed by atoms with Gasteiger partial charge in [-0.1, -0.05) is 35.3 Å². The quantitative estimate of drug-likeness (QED) is 0.663. The highest BCUT2D eigenvalue weighted by Crippen LogP contribution is 2.35. The first kappa shape index (κ1) is 12.9. The van der Waals surface area contributed by atoms with Gasteiger partial charge in [0.1, 0.15) is 0 Å². The van der Waals surface area contributed by atoms with Crippen molar-refractivity contribution in [2.45, 2.75) is 13.0 Å². The predicted molar refractivity (Wildman–Crippen MR) is 74.7 cm³/mol. The van der Waals surface area contributed by atoms with E-state index in [1.165, 1.54) is 0 Å². The molecule has 0 fully saturated rings. The Balaban J connectivity index is 2.50. The summed E-state index contributed by atoms with van der Waals surface area (Å²) in [4.78, 5) is 1.000. The molecule has 0 radical (unpaired) electrons. The zero-order valence-electron chi connectivity index (χ0n) is 9.21. The average Bonchev–Trinajstić information content (AvgIpc) is 2.72. The Morgan fingerprint density at radius 2 is 2.00 bits per heavy atom. The number of thiophene rings is 1. The molecule has 0 amide bonds. The van der Waals surface area contributed by atoms with Crippen molar-refractivity contribution in [3.8, 4) is 0 Å². The second-order valence-corrected chi connectivity index (χ2v) is 5.45. The van der Waals surface area contributed by atoms with Crippen LogP contribution in [0, 0.1) is 6.92 Å². The van der Waals surface area contributed by atoms with Crippen molar-refractivity contribution in [1.82, 2.24) is 5.43 Å². The van der Waals surface area contributed by atoms with Gasteiger partial charge in [-0.3, -0.25) is 5.84 Å². The van der Waals surface area contributed by atoms with Crippen molar-refractivity contribution in [1.29, 1.82) is 0 Å². The molecule has 1 unspecified atom stereocenters. The molecule has 2 rings (SSSR count). The molecule has 3 N–H and O–H groups in total. The number of nitrogens with one attached hydrogen (secondary N) is 1. The van der Waals surface area contributed by atoms with E-state index in [-0.39, 0.29) is 6.04 Å². The third-order valence-electron chi connectivity index (χ3n) is 2.69. The first-order chi connectivity index (χ1) is 8.15. The fourth-order valence-corrected chi connectivity index (χ4v) is 3.18. The van der Waals surface area contributed by atoms with Gasteiger partial charge in [0, 0.05) is 9.90 Å². The second-order valence-electron chi connectivity index (χ2n) is 3.69. The molecule has 0 aliphatic heterocycles. The van der Waals surface area contributed by atoms with Gasteiger partial charge >= 0.3 is 0 Å². The molecule has 2 nitrogen and oxygen atoms in total. The summed E-state index contributed by atoms with van der Waals surface area (Å²) in [6.45, 7) is 1.98. The number of hydrogen-bond donors (Lipinski definition) is 2. The van der Waals surface area contributed by atoms with E-state index in [0.29, 0.717) is 0 Å². The van der Waals surface area contributed by atoms with Gasteiger partial charge in [0.05, 0.1) is 11.1 Å². The monoisotopic (exact) mass is 286 g/mol.